The van der Waals surface area contributed by atoms with Gasteiger partial charge in [0.1, 0.15) is 5.76 Å². The first kappa shape index (κ1) is 17.1. The summed E-state index contributed by atoms with van der Waals surface area (Å²) in [6.07, 6.45) is 1.79. The number of oxazole rings is 1. The third-order valence-corrected chi connectivity index (χ3v) is 3.58. The van der Waals surface area contributed by atoms with Gasteiger partial charge in [-0.1, -0.05) is 51.1 Å². The molecule has 2 aromatic rings. The molecule has 0 saturated carbocycles. The van der Waals surface area contributed by atoms with Gasteiger partial charge in [0.2, 0.25) is 5.89 Å². The molecule has 1 unspecified atom stereocenters. The van der Waals surface area contributed by atoms with Gasteiger partial charge in [-0.15, -0.1) is 0 Å². The number of hydrogen-bond acceptors (Lipinski definition) is 3. The molecule has 1 aromatic carbocycles. The predicted molar refractivity (Wildman–Crippen MR) is 93.4 cm³/mol. The Hall–Kier alpha value is -2.30. The number of hydrogen-bond donors (Lipinski definition) is 2. The number of guanidine groups is 1. The van der Waals surface area contributed by atoms with Gasteiger partial charge in [0.25, 0.3) is 0 Å². The molecule has 2 rings (SSSR count). The smallest absolute Gasteiger partial charge is 0.213 e. The Kier molecular flexibility index (Phi) is 5.42. The van der Waals surface area contributed by atoms with Crippen molar-refractivity contribution in [1.29, 1.82) is 0 Å². The average Bonchev–Trinajstić information content (AvgIpc) is 3.01. The number of nitrogens with one attached hydrogen (secondary N) is 2. The van der Waals surface area contributed by atoms with E-state index in [0.717, 1.165) is 11.7 Å². The molecule has 0 aliphatic rings. The van der Waals surface area contributed by atoms with Gasteiger partial charge in [0.15, 0.2) is 5.96 Å². The van der Waals surface area contributed by atoms with E-state index in [1.807, 2.05) is 18.2 Å². The van der Waals surface area contributed by atoms with E-state index in [2.05, 4.69) is 60.4 Å². The highest BCUT2D eigenvalue weighted by atomic mass is 16.4. The first-order valence-electron chi connectivity index (χ1n) is 7.87. The summed E-state index contributed by atoms with van der Waals surface area (Å²) in [6, 6.07) is 10.4. The van der Waals surface area contributed by atoms with Crippen LogP contribution in [0.15, 0.2) is 45.9 Å². The van der Waals surface area contributed by atoms with Crippen molar-refractivity contribution in [2.75, 3.05) is 7.05 Å². The van der Waals surface area contributed by atoms with Crippen molar-refractivity contribution < 1.29 is 4.42 Å². The zero-order valence-corrected chi connectivity index (χ0v) is 14.6. The minimum Gasteiger partial charge on any atom is -0.443 e. The average molecular weight is 314 g/mol. The lowest BCUT2D eigenvalue weighted by Gasteiger charge is -2.17. The number of benzene rings is 1. The van der Waals surface area contributed by atoms with Crippen molar-refractivity contribution in [3.8, 4) is 0 Å². The van der Waals surface area contributed by atoms with Crippen LogP contribution in [-0.2, 0) is 12.0 Å². The van der Waals surface area contributed by atoms with Gasteiger partial charge in [-0.05, 0) is 12.5 Å². The molecule has 0 saturated heterocycles. The van der Waals surface area contributed by atoms with Crippen molar-refractivity contribution in [2.24, 2.45) is 4.99 Å². The summed E-state index contributed by atoms with van der Waals surface area (Å²) in [5, 5.41) is 6.59. The molecule has 1 aromatic heterocycles. The Labute approximate surface area is 138 Å². The fourth-order valence-corrected chi connectivity index (χ4v) is 2.12. The van der Waals surface area contributed by atoms with Gasteiger partial charge in [0.05, 0.1) is 18.8 Å². The minimum atomic E-state index is -0.0347. The van der Waals surface area contributed by atoms with Crippen LogP contribution in [0.5, 0.6) is 0 Å². The second-order valence-electron chi connectivity index (χ2n) is 6.57. The highest BCUT2D eigenvalue weighted by molar-refractivity contribution is 5.79. The monoisotopic (exact) mass is 314 g/mol. The molecule has 0 bridgehead atoms. The van der Waals surface area contributed by atoms with Crippen LogP contribution in [0.2, 0.25) is 0 Å². The fraction of sp³-hybridized carbons (Fsp3) is 0.444. The Balaban J connectivity index is 1.92. The van der Waals surface area contributed by atoms with Crippen molar-refractivity contribution in [2.45, 2.75) is 45.7 Å². The molecule has 0 aliphatic heterocycles. The highest BCUT2D eigenvalue weighted by Crippen LogP contribution is 2.22. The van der Waals surface area contributed by atoms with Crippen molar-refractivity contribution in [1.82, 2.24) is 15.6 Å². The van der Waals surface area contributed by atoms with Crippen LogP contribution in [0.25, 0.3) is 0 Å². The summed E-state index contributed by atoms with van der Waals surface area (Å²) < 4.78 is 5.78. The molecule has 2 N–H and O–H groups in total. The molecule has 5 nitrogen and oxygen atoms in total. The highest BCUT2D eigenvalue weighted by Gasteiger charge is 2.19. The standard InChI is InChI=1S/C18H26N4O/c1-13(14-9-7-6-8-10-14)22-17(19-5)21-12-16-20-11-15(23-16)18(2,3)4/h6-11,13H,12H2,1-5H3,(H2,19,21,22). The molecule has 0 fully saturated rings. The molecule has 1 atom stereocenters. The van der Waals surface area contributed by atoms with E-state index in [4.69, 9.17) is 4.42 Å². The van der Waals surface area contributed by atoms with Crippen LogP contribution in [0, 0.1) is 0 Å². The minimum absolute atomic E-state index is 0.0347. The van der Waals surface area contributed by atoms with Gasteiger partial charge >= 0.3 is 0 Å². The van der Waals surface area contributed by atoms with E-state index in [1.54, 1.807) is 13.2 Å². The zero-order chi connectivity index (χ0) is 16.9. The molecular formula is C18H26N4O. The molecule has 124 valence electrons. The molecule has 0 aliphatic carbocycles. The van der Waals surface area contributed by atoms with Crippen molar-refractivity contribution in [3.63, 3.8) is 0 Å². The third-order valence-electron chi connectivity index (χ3n) is 3.58. The number of nitrogens with zero attached hydrogens (tertiary/aromatic N) is 2. The van der Waals surface area contributed by atoms with Crippen molar-refractivity contribution in [3.05, 3.63) is 53.7 Å². The van der Waals surface area contributed by atoms with E-state index < -0.39 is 0 Å². The first-order chi connectivity index (χ1) is 10.9. The summed E-state index contributed by atoms with van der Waals surface area (Å²) in [6.45, 7) is 8.91. The lowest BCUT2D eigenvalue weighted by atomic mass is 9.94. The maximum Gasteiger partial charge on any atom is 0.213 e. The molecule has 0 spiro atoms. The maximum absolute atomic E-state index is 5.78. The molecule has 0 amide bonds. The van der Waals surface area contributed by atoms with Gasteiger partial charge in [-0.2, -0.15) is 0 Å². The topological polar surface area (TPSA) is 62.5 Å². The number of aliphatic imine (C=N–C) groups is 1. The summed E-state index contributed by atoms with van der Waals surface area (Å²) in [4.78, 5) is 8.56. The Morgan fingerprint density at radius 3 is 2.52 bits per heavy atom. The largest absolute Gasteiger partial charge is 0.443 e. The molecular weight excluding hydrogens is 288 g/mol. The second-order valence-corrected chi connectivity index (χ2v) is 6.57. The van der Waals surface area contributed by atoms with Gasteiger partial charge in [-0.3, -0.25) is 4.99 Å². The van der Waals surface area contributed by atoms with Crippen LogP contribution in [0.1, 0.15) is 51.0 Å². The maximum atomic E-state index is 5.78. The fourth-order valence-electron chi connectivity index (χ4n) is 2.12. The third kappa shape index (κ3) is 4.84. The van der Waals surface area contributed by atoms with Crippen LogP contribution in [0.3, 0.4) is 0 Å². The first-order valence-corrected chi connectivity index (χ1v) is 7.87. The van der Waals surface area contributed by atoms with E-state index in [1.165, 1.54) is 5.56 Å². The van der Waals surface area contributed by atoms with Crippen LogP contribution in [-0.4, -0.2) is 18.0 Å². The van der Waals surface area contributed by atoms with Crippen LogP contribution < -0.4 is 10.6 Å². The molecule has 5 heteroatoms. The van der Waals surface area contributed by atoms with Crippen LogP contribution in [0.4, 0.5) is 0 Å². The Morgan fingerprint density at radius 1 is 1.26 bits per heavy atom. The lowest BCUT2D eigenvalue weighted by molar-refractivity contribution is 0.379. The lowest BCUT2D eigenvalue weighted by Crippen LogP contribution is -2.38. The molecule has 0 radical (unpaired) electrons. The van der Waals surface area contributed by atoms with Crippen molar-refractivity contribution >= 4 is 5.96 Å². The van der Waals surface area contributed by atoms with E-state index in [-0.39, 0.29) is 11.5 Å². The summed E-state index contributed by atoms with van der Waals surface area (Å²) in [5.41, 5.74) is 1.18. The summed E-state index contributed by atoms with van der Waals surface area (Å²) in [5.74, 6) is 2.26. The van der Waals surface area contributed by atoms with E-state index in [9.17, 15) is 0 Å². The SMILES string of the molecule is CN=C(NCc1ncc(C(C)(C)C)o1)NC(C)c1ccccc1. The van der Waals surface area contributed by atoms with Gasteiger partial charge in [-0.25, -0.2) is 4.98 Å². The predicted octanol–water partition coefficient (Wildman–Crippen LogP) is 3.40. The van der Waals surface area contributed by atoms with E-state index >= 15 is 0 Å². The molecule has 23 heavy (non-hydrogen) atoms. The molecule has 1 heterocycles. The quantitative estimate of drug-likeness (QED) is 0.671. The summed E-state index contributed by atoms with van der Waals surface area (Å²) >= 11 is 0. The zero-order valence-electron chi connectivity index (χ0n) is 14.6. The number of rotatable bonds is 4. The van der Waals surface area contributed by atoms with Gasteiger partial charge < -0.3 is 15.1 Å². The Bertz CT molecular complexity index is 641. The second kappa shape index (κ2) is 7.31. The van der Waals surface area contributed by atoms with Gasteiger partial charge in [0, 0.05) is 12.5 Å². The van der Waals surface area contributed by atoms with E-state index in [0.29, 0.717) is 12.4 Å². The normalized spacial score (nSPS) is 13.7. The number of aromatic nitrogens is 1. The van der Waals surface area contributed by atoms with Crippen LogP contribution >= 0.6 is 0 Å². The Morgan fingerprint density at radius 2 is 1.96 bits per heavy atom. The summed E-state index contributed by atoms with van der Waals surface area (Å²) in [7, 11) is 1.75.